The van der Waals surface area contributed by atoms with Crippen molar-refractivity contribution in [3.05, 3.63) is 61.9 Å². The van der Waals surface area contributed by atoms with Crippen LogP contribution in [0.5, 0.6) is 0 Å². The molecular formula is C10H6F3N3O2. The molecule has 2 aromatic rings. The monoisotopic (exact) mass is 257 g/mol. The van der Waals surface area contributed by atoms with E-state index in [9.17, 15) is 22.8 Å². The molecule has 0 aliphatic carbocycles. The van der Waals surface area contributed by atoms with Crippen molar-refractivity contribution in [2.75, 3.05) is 0 Å². The van der Waals surface area contributed by atoms with Crippen molar-refractivity contribution in [1.29, 1.82) is 0 Å². The van der Waals surface area contributed by atoms with Gasteiger partial charge in [0, 0.05) is 12.5 Å². The first-order chi connectivity index (χ1) is 8.45. The lowest BCUT2D eigenvalue weighted by Crippen LogP contribution is -2.27. The van der Waals surface area contributed by atoms with Crippen molar-refractivity contribution in [2.24, 2.45) is 0 Å². The Bertz CT molecular complexity index is 680. The van der Waals surface area contributed by atoms with Crippen molar-refractivity contribution < 1.29 is 13.2 Å². The first kappa shape index (κ1) is 12.1. The van der Waals surface area contributed by atoms with Crippen LogP contribution in [-0.4, -0.2) is 15.0 Å². The van der Waals surface area contributed by atoms with Crippen molar-refractivity contribution in [1.82, 2.24) is 15.0 Å². The van der Waals surface area contributed by atoms with E-state index in [4.69, 9.17) is 0 Å². The molecule has 1 heterocycles. The van der Waals surface area contributed by atoms with Gasteiger partial charge in [0.05, 0.1) is 0 Å². The lowest BCUT2D eigenvalue weighted by molar-refractivity contribution is 0.490. The summed E-state index contributed by atoms with van der Waals surface area (Å²) in [7, 11) is 0. The van der Waals surface area contributed by atoms with E-state index >= 15 is 0 Å². The van der Waals surface area contributed by atoms with Crippen molar-refractivity contribution in [3.8, 4) is 0 Å². The second kappa shape index (κ2) is 4.47. The summed E-state index contributed by atoms with van der Waals surface area (Å²) in [6.45, 7) is 0. The fourth-order valence-corrected chi connectivity index (χ4v) is 1.40. The highest BCUT2D eigenvalue weighted by atomic mass is 19.2. The molecule has 2 N–H and O–H groups in total. The summed E-state index contributed by atoms with van der Waals surface area (Å²) >= 11 is 0. The Balaban J connectivity index is 2.43. The third-order valence-electron chi connectivity index (χ3n) is 2.16. The van der Waals surface area contributed by atoms with Gasteiger partial charge >= 0.3 is 11.4 Å². The average Bonchev–Trinajstić information content (AvgIpc) is 2.24. The van der Waals surface area contributed by atoms with Crippen molar-refractivity contribution >= 4 is 0 Å². The van der Waals surface area contributed by atoms with E-state index in [0.717, 1.165) is 0 Å². The van der Waals surface area contributed by atoms with Crippen LogP contribution in [0.2, 0.25) is 0 Å². The zero-order valence-electron chi connectivity index (χ0n) is 8.76. The summed E-state index contributed by atoms with van der Waals surface area (Å²) in [4.78, 5) is 29.2. The minimum Gasteiger partial charge on any atom is -0.295 e. The molecule has 5 nitrogen and oxygen atoms in total. The summed E-state index contributed by atoms with van der Waals surface area (Å²) in [6, 6.07) is 1.03. The van der Waals surface area contributed by atoms with Crippen LogP contribution >= 0.6 is 0 Å². The number of rotatable bonds is 2. The van der Waals surface area contributed by atoms with Crippen molar-refractivity contribution in [3.63, 3.8) is 0 Å². The van der Waals surface area contributed by atoms with Gasteiger partial charge in [0.2, 0.25) is 0 Å². The fraction of sp³-hybridized carbons (Fsp3) is 0.100. The molecule has 0 radical (unpaired) electrons. The quantitative estimate of drug-likeness (QED) is 0.767. The van der Waals surface area contributed by atoms with E-state index < -0.39 is 28.8 Å². The van der Waals surface area contributed by atoms with Crippen LogP contribution in [0.4, 0.5) is 13.2 Å². The van der Waals surface area contributed by atoms with E-state index in [0.29, 0.717) is 12.1 Å². The predicted octanol–water partition coefficient (Wildman–Crippen LogP) is 0.466. The van der Waals surface area contributed by atoms with Crippen molar-refractivity contribution in [2.45, 2.75) is 6.42 Å². The first-order valence-electron chi connectivity index (χ1n) is 4.78. The number of H-pyrrole nitrogens is 2. The van der Waals surface area contributed by atoms with Gasteiger partial charge in [0.25, 0.3) is 0 Å². The van der Waals surface area contributed by atoms with Gasteiger partial charge in [-0.3, -0.25) is 9.97 Å². The molecule has 0 saturated heterocycles. The molecule has 2 rings (SSSR count). The summed E-state index contributed by atoms with van der Waals surface area (Å²) in [5, 5.41) is 0. The minimum absolute atomic E-state index is 0.145. The molecule has 0 spiro atoms. The molecule has 0 bridgehead atoms. The summed E-state index contributed by atoms with van der Waals surface area (Å²) in [5.41, 5.74) is -1.94. The molecule has 0 atom stereocenters. The zero-order chi connectivity index (χ0) is 13.3. The van der Waals surface area contributed by atoms with Gasteiger partial charge in [-0.15, -0.1) is 0 Å². The number of nitrogens with zero attached hydrogens (tertiary/aromatic N) is 1. The van der Waals surface area contributed by atoms with Crippen LogP contribution in [0.25, 0.3) is 0 Å². The van der Waals surface area contributed by atoms with Gasteiger partial charge in [-0.1, -0.05) is 0 Å². The van der Waals surface area contributed by atoms with E-state index in [-0.39, 0.29) is 17.8 Å². The molecule has 0 unspecified atom stereocenters. The van der Waals surface area contributed by atoms with Crippen LogP contribution in [0, 0.1) is 17.5 Å². The number of benzene rings is 1. The van der Waals surface area contributed by atoms with E-state index in [1.54, 1.807) is 0 Å². The number of aromatic amines is 2. The highest BCUT2D eigenvalue weighted by Gasteiger charge is 2.11. The Hall–Kier alpha value is -2.38. The highest BCUT2D eigenvalue weighted by Crippen LogP contribution is 2.15. The Kier molecular flexibility index (Phi) is 3.00. The first-order valence-corrected chi connectivity index (χ1v) is 4.78. The molecule has 0 aliphatic heterocycles. The number of hydrogen-bond donors (Lipinski definition) is 2. The fourth-order valence-electron chi connectivity index (χ4n) is 1.40. The highest BCUT2D eigenvalue weighted by molar-refractivity contribution is 5.22. The summed E-state index contributed by atoms with van der Waals surface area (Å²) in [6.07, 6.45) is -0.331. The van der Waals surface area contributed by atoms with E-state index in [1.165, 1.54) is 0 Å². The molecule has 0 amide bonds. The Morgan fingerprint density at radius 3 is 2.33 bits per heavy atom. The maximum absolute atomic E-state index is 13.3. The molecule has 8 heteroatoms. The average molecular weight is 257 g/mol. The van der Waals surface area contributed by atoms with Gasteiger partial charge < -0.3 is 0 Å². The number of aromatic nitrogens is 3. The van der Waals surface area contributed by atoms with Crippen LogP contribution in [-0.2, 0) is 6.42 Å². The maximum Gasteiger partial charge on any atom is 0.350 e. The Morgan fingerprint density at radius 1 is 1.00 bits per heavy atom. The minimum atomic E-state index is -1.32. The Labute approximate surface area is 97.3 Å². The third kappa shape index (κ3) is 2.47. The SMILES string of the molecule is O=c1nc(Cc2cc(F)c(F)cc2F)[nH]c(=O)[nH]1. The summed E-state index contributed by atoms with van der Waals surface area (Å²) < 4.78 is 38.9. The zero-order valence-corrected chi connectivity index (χ0v) is 8.76. The van der Waals surface area contributed by atoms with Gasteiger partial charge in [-0.2, -0.15) is 4.98 Å². The smallest absolute Gasteiger partial charge is 0.295 e. The van der Waals surface area contributed by atoms with Gasteiger partial charge in [0.1, 0.15) is 11.6 Å². The Morgan fingerprint density at radius 2 is 1.67 bits per heavy atom. The van der Waals surface area contributed by atoms with Gasteiger partial charge in [-0.05, 0) is 11.6 Å². The lowest BCUT2D eigenvalue weighted by atomic mass is 10.1. The molecule has 1 aromatic heterocycles. The van der Waals surface area contributed by atoms with E-state index in [2.05, 4.69) is 9.97 Å². The van der Waals surface area contributed by atoms with Crippen LogP contribution < -0.4 is 11.4 Å². The second-order valence-electron chi connectivity index (χ2n) is 3.48. The molecule has 94 valence electrons. The normalized spacial score (nSPS) is 10.6. The molecule has 18 heavy (non-hydrogen) atoms. The van der Waals surface area contributed by atoms with Crippen LogP contribution in [0.1, 0.15) is 11.4 Å². The second-order valence-corrected chi connectivity index (χ2v) is 3.48. The molecule has 0 saturated carbocycles. The molecule has 0 fully saturated rings. The van der Waals surface area contributed by atoms with Gasteiger partial charge in [0.15, 0.2) is 11.6 Å². The van der Waals surface area contributed by atoms with Gasteiger partial charge in [-0.25, -0.2) is 22.8 Å². The van der Waals surface area contributed by atoms with E-state index in [1.807, 2.05) is 4.98 Å². The predicted molar refractivity (Wildman–Crippen MR) is 54.6 cm³/mol. The lowest BCUT2D eigenvalue weighted by Gasteiger charge is -2.03. The molecule has 1 aromatic carbocycles. The topological polar surface area (TPSA) is 78.6 Å². The molecule has 0 aliphatic rings. The van der Waals surface area contributed by atoms with Crippen LogP contribution in [0.3, 0.4) is 0 Å². The number of halogens is 3. The van der Waals surface area contributed by atoms with Crippen LogP contribution in [0.15, 0.2) is 21.7 Å². The standard InChI is InChI=1S/C10H6F3N3O2/c11-5-3-7(13)6(12)1-4(5)2-8-14-9(17)16-10(18)15-8/h1,3H,2H2,(H2,14,15,16,17,18). The third-order valence-corrected chi connectivity index (χ3v) is 2.16. The number of nitrogens with one attached hydrogen (secondary N) is 2. The number of hydrogen-bond acceptors (Lipinski definition) is 3. The summed E-state index contributed by atoms with van der Waals surface area (Å²) in [5.74, 6) is -3.67. The largest absolute Gasteiger partial charge is 0.350 e. The molecular weight excluding hydrogens is 251 g/mol. The maximum atomic E-state index is 13.3.